The second kappa shape index (κ2) is 10.0. The molecule has 3 heterocycles. The molecule has 10 nitrogen and oxygen atoms in total. The highest BCUT2D eigenvalue weighted by molar-refractivity contribution is 6.34. The second-order valence-electron chi connectivity index (χ2n) is 9.65. The van der Waals surface area contributed by atoms with Gasteiger partial charge in [-0.25, -0.2) is 27.9 Å². The highest BCUT2D eigenvalue weighted by atomic mass is 35.5. The molecular formula is C28H18ClF3N8O2. The molecule has 3 aromatic carbocycles. The predicted octanol–water partition coefficient (Wildman–Crippen LogP) is 3.88. The first-order valence-corrected chi connectivity index (χ1v) is 12.7. The van der Waals surface area contributed by atoms with Gasteiger partial charge in [-0.1, -0.05) is 11.6 Å². The highest BCUT2D eigenvalue weighted by Gasteiger charge is 2.23. The number of halogens is 4. The molecular weight excluding hydrogens is 573 g/mol. The van der Waals surface area contributed by atoms with Crippen molar-refractivity contribution < 1.29 is 13.2 Å². The van der Waals surface area contributed by atoms with Crippen LogP contribution in [-0.4, -0.2) is 33.4 Å². The van der Waals surface area contributed by atoms with Crippen LogP contribution in [0, 0.1) is 28.8 Å². The lowest BCUT2D eigenvalue weighted by Crippen LogP contribution is -2.41. The predicted molar refractivity (Wildman–Crippen MR) is 147 cm³/mol. The number of fused-ring (bicyclic) bond motifs is 3. The van der Waals surface area contributed by atoms with Gasteiger partial charge in [0.25, 0.3) is 5.56 Å². The van der Waals surface area contributed by atoms with Gasteiger partial charge in [-0.2, -0.15) is 10.4 Å². The van der Waals surface area contributed by atoms with Crippen molar-refractivity contribution in [2.75, 3.05) is 0 Å². The first kappa shape index (κ1) is 27.0. The van der Waals surface area contributed by atoms with Crippen molar-refractivity contribution in [3.63, 3.8) is 0 Å². The molecule has 0 atom stereocenters. The maximum absolute atomic E-state index is 14.2. The van der Waals surface area contributed by atoms with Crippen molar-refractivity contribution in [2.45, 2.75) is 13.1 Å². The van der Waals surface area contributed by atoms with Crippen LogP contribution in [0.3, 0.4) is 0 Å². The van der Waals surface area contributed by atoms with Crippen LogP contribution in [0.15, 0.2) is 58.6 Å². The van der Waals surface area contributed by atoms with Gasteiger partial charge in [0.15, 0.2) is 23.3 Å². The van der Waals surface area contributed by atoms with Gasteiger partial charge in [-0.05, 0) is 42.0 Å². The molecule has 0 aliphatic rings. The highest BCUT2D eigenvalue weighted by Crippen LogP contribution is 2.37. The summed E-state index contributed by atoms with van der Waals surface area (Å²) in [5.41, 5.74) is 0.412. The van der Waals surface area contributed by atoms with Crippen LogP contribution >= 0.6 is 11.6 Å². The number of rotatable bonds is 5. The zero-order chi connectivity index (χ0) is 29.9. The topological polar surface area (TPSA) is 116 Å². The number of imidazole rings is 1. The molecule has 3 aromatic heterocycles. The molecule has 6 aromatic rings. The fraction of sp³-hybridized carbons (Fsp3) is 0.143. The fourth-order valence-corrected chi connectivity index (χ4v) is 5.22. The maximum atomic E-state index is 14.2. The molecule has 0 N–H and O–H groups in total. The summed E-state index contributed by atoms with van der Waals surface area (Å²) in [7, 11) is 3.34. The summed E-state index contributed by atoms with van der Waals surface area (Å²) in [6.07, 6.45) is 2.90. The Kier molecular flexibility index (Phi) is 6.42. The van der Waals surface area contributed by atoms with Crippen molar-refractivity contribution in [2.24, 2.45) is 14.1 Å². The van der Waals surface area contributed by atoms with E-state index in [4.69, 9.17) is 11.6 Å². The minimum absolute atomic E-state index is 0.0421. The van der Waals surface area contributed by atoms with Gasteiger partial charge in [-0.3, -0.25) is 18.6 Å². The van der Waals surface area contributed by atoms with Crippen LogP contribution < -0.4 is 11.2 Å². The molecule has 0 bridgehead atoms. The van der Waals surface area contributed by atoms with E-state index in [1.807, 2.05) is 0 Å². The molecule has 0 spiro atoms. The van der Waals surface area contributed by atoms with E-state index in [-0.39, 0.29) is 34.4 Å². The van der Waals surface area contributed by atoms with Crippen molar-refractivity contribution in [3.05, 3.63) is 109 Å². The molecule has 210 valence electrons. The quantitative estimate of drug-likeness (QED) is 0.281. The average molecular weight is 591 g/mol. The smallest absolute Gasteiger partial charge is 0.332 e. The second-order valence-corrected chi connectivity index (χ2v) is 10.1. The van der Waals surface area contributed by atoms with Crippen molar-refractivity contribution in [1.82, 2.24) is 33.4 Å². The third kappa shape index (κ3) is 4.33. The van der Waals surface area contributed by atoms with Crippen LogP contribution in [0.2, 0.25) is 5.02 Å². The van der Waals surface area contributed by atoms with Gasteiger partial charge in [-0.15, -0.1) is 0 Å². The monoisotopic (exact) mass is 590 g/mol. The van der Waals surface area contributed by atoms with Gasteiger partial charge in [0.2, 0.25) is 0 Å². The van der Waals surface area contributed by atoms with Gasteiger partial charge in [0, 0.05) is 30.2 Å². The number of nitriles is 1. The molecule has 14 heteroatoms. The van der Waals surface area contributed by atoms with Crippen molar-refractivity contribution in [1.29, 1.82) is 5.26 Å². The third-order valence-corrected chi connectivity index (χ3v) is 7.22. The van der Waals surface area contributed by atoms with E-state index >= 15 is 0 Å². The van der Waals surface area contributed by atoms with Gasteiger partial charge < -0.3 is 4.57 Å². The summed E-state index contributed by atoms with van der Waals surface area (Å²) in [5.74, 6) is -4.33. The largest absolute Gasteiger partial charge is 0.333 e. The molecule has 0 amide bonds. The Balaban J connectivity index is 1.73. The summed E-state index contributed by atoms with van der Waals surface area (Å²) in [4.78, 5) is 36.4. The van der Waals surface area contributed by atoms with E-state index in [9.17, 15) is 28.0 Å². The van der Waals surface area contributed by atoms with E-state index in [2.05, 4.69) is 21.1 Å². The SMILES string of the molecule is Cn1cnc(Cn2c(=O)c3c4ncn(C)c4c(-c4cc(C#N)ccc4Cl)cc3n(Cc3cc(F)c(F)c(F)c3)c2=O)n1. The van der Waals surface area contributed by atoms with E-state index in [1.165, 1.54) is 17.3 Å². The summed E-state index contributed by atoms with van der Waals surface area (Å²) in [6.45, 7) is -0.726. The fourth-order valence-electron chi connectivity index (χ4n) is 5.00. The number of hydrogen-bond acceptors (Lipinski definition) is 6. The van der Waals surface area contributed by atoms with Gasteiger partial charge >= 0.3 is 5.69 Å². The lowest BCUT2D eigenvalue weighted by Gasteiger charge is -2.17. The van der Waals surface area contributed by atoms with Crippen molar-refractivity contribution >= 4 is 33.5 Å². The Morgan fingerprint density at radius 2 is 1.67 bits per heavy atom. The minimum atomic E-state index is -1.65. The number of aromatic nitrogens is 7. The Hall–Kier alpha value is -5.22. The van der Waals surface area contributed by atoms with Crippen LogP contribution in [0.25, 0.3) is 33.1 Å². The first-order valence-electron chi connectivity index (χ1n) is 12.4. The number of nitrogens with zero attached hydrogens (tertiary/aromatic N) is 8. The lowest BCUT2D eigenvalue weighted by molar-refractivity contribution is 0.444. The Morgan fingerprint density at radius 3 is 2.33 bits per heavy atom. The number of benzene rings is 3. The molecule has 0 fully saturated rings. The summed E-state index contributed by atoms with van der Waals surface area (Å²) >= 11 is 6.55. The Morgan fingerprint density at radius 1 is 0.929 bits per heavy atom. The summed E-state index contributed by atoms with van der Waals surface area (Å²) < 4.78 is 47.2. The third-order valence-electron chi connectivity index (χ3n) is 6.89. The molecule has 0 radical (unpaired) electrons. The van der Waals surface area contributed by atoms with Gasteiger partial charge in [0.05, 0.1) is 47.5 Å². The van der Waals surface area contributed by atoms with E-state index in [0.29, 0.717) is 27.2 Å². The molecule has 0 unspecified atom stereocenters. The van der Waals surface area contributed by atoms with Gasteiger partial charge in [0.1, 0.15) is 11.8 Å². The first-order chi connectivity index (χ1) is 20.1. The van der Waals surface area contributed by atoms with E-state index in [1.54, 1.807) is 42.9 Å². The Labute approximate surface area is 239 Å². The molecule has 0 aliphatic heterocycles. The van der Waals surface area contributed by atoms with Crippen LogP contribution in [0.5, 0.6) is 0 Å². The molecule has 42 heavy (non-hydrogen) atoms. The Bertz CT molecular complexity index is 2220. The number of hydrogen-bond donors (Lipinski definition) is 0. The molecule has 6 rings (SSSR count). The van der Waals surface area contributed by atoms with Crippen LogP contribution in [0.1, 0.15) is 17.0 Å². The number of aryl methyl sites for hydroxylation is 2. The van der Waals surface area contributed by atoms with Crippen molar-refractivity contribution in [3.8, 4) is 17.2 Å². The standard InChI is InChI=1S/C28H18ClF3N8O2/c1-37-12-35-25-23-21(8-17(26(25)37)16-5-14(9-33)3-4-18(16)29)39(10-15-6-19(30)24(32)20(31)7-15)28(42)40(27(23)41)11-22-34-13-38(2)36-22/h3-8,12-13H,10-11H2,1-2H3. The van der Waals surface area contributed by atoms with E-state index < -0.39 is 35.2 Å². The average Bonchev–Trinajstić information content (AvgIpc) is 3.56. The zero-order valence-corrected chi connectivity index (χ0v) is 22.7. The summed E-state index contributed by atoms with van der Waals surface area (Å²) in [5, 5.41) is 14.0. The molecule has 0 aliphatic carbocycles. The maximum Gasteiger partial charge on any atom is 0.332 e. The minimum Gasteiger partial charge on any atom is -0.333 e. The van der Waals surface area contributed by atoms with E-state index in [0.717, 1.165) is 21.3 Å². The van der Waals surface area contributed by atoms with Crippen LogP contribution in [0.4, 0.5) is 13.2 Å². The lowest BCUT2D eigenvalue weighted by atomic mass is 9.99. The van der Waals surface area contributed by atoms with Crippen LogP contribution in [-0.2, 0) is 27.2 Å². The molecule has 0 saturated carbocycles. The zero-order valence-electron chi connectivity index (χ0n) is 21.9. The normalized spacial score (nSPS) is 11.5. The molecule has 0 saturated heterocycles. The summed E-state index contributed by atoms with van der Waals surface area (Å²) in [6, 6.07) is 9.83.